The SMILES string of the molecule is N#C[C@H](C[C@@H]1CCNC1=O)NC(=O)[C@H](CC1CC1)N1CCc2cc[nH]c2C1=O. The Balaban J connectivity index is 1.46. The molecule has 1 aliphatic carbocycles. The summed E-state index contributed by atoms with van der Waals surface area (Å²) in [5.41, 5.74) is 1.54. The van der Waals surface area contributed by atoms with Crippen LogP contribution in [0.15, 0.2) is 12.3 Å². The number of rotatable bonds is 7. The van der Waals surface area contributed by atoms with Gasteiger partial charge in [-0.1, -0.05) is 12.8 Å². The maximum absolute atomic E-state index is 13.1. The van der Waals surface area contributed by atoms with E-state index in [9.17, 15) is 19.6 Å². The van der Waals surface area contributed by atoms with E-state index >= 15 is 0 Å². The van der Waals surface area contributed by atoms with E-state index in [0.717, 1.165) is 18.4 Å². The van der Waals surface area contributed by atoms with Crippen LogP contribution in [0.2, 0.25) is 0 Å². The third kappa shape index (κ3) is 3.75. The monoisotopic (exact) mass is 383 g/mol. The first-order valence-electron chi connectivity index (χ1n) is 10.0. The van der Waals surface area contributed by atoms with E-state index in [1.165, 1.54) is 0 Å². The topological polar surface area (TPSA) is 118 Å². The molecule has 1 aromatic heterocycles. The number of fused-ring (bicyclic) bond motifs is 1. The van der Waals surface area contributed by atoms with E-state index in [0.29, 0.717) is 50.4 Å². The van der Waals surface area contributed by atoms with Gasteiger partial charge in [0, 0.05) is 25.2 Å². The molecular weight excluding hydrogens is 358 g/mol. The number of nitrogens with one attached hydrogen (secondary N) is 3. The van der Waals surface area contributed by atoms with E-state index in [-0.39, 0.29) is 23.6 Å². The van der Waals surface area contributed by atoms with Crippen molar-refractivity contribution in [2.45, 2.75) is 50.6 Å². The van der Waals surface area contributed by atoms with E-state index in [1.807, 2.05) is 6.07 Å². The summed E-state index contributed by atoms with van der Waals surface area (Å²) in [4.78, 5) is 42.4. The number of nitrogens with zero attached hydrogens (tertiary/aromatic N) is 2. The van der Waals surface area contributed by atoms with Crippen molar-refractivity contribution in [1.29, 1.82) is 5.26 Å². The highest BCUT2D eigenvalue weighted by atomic mass is 16.2. The number of H-pyrrole nitrogens is 1. The van der Waals surface area contributed by atoms with Crippen molar-refractivity contribution in [3.63, 3.8) is 0 Å². The molecule has 3 amide bonds. The van der Waals surface area contributed by atoms with Crippen LogP contribution in [0.3, 0.4) is 0 Å². The van der Waals surface area contributed by atoms with Crippen LogP contribution in [-0.4, -0.2) is 52.8 Å². The number of aromatic nitrogens is 1. The first kappa shape index (κ1) is 18.5. The predicted octanol–water partition coefficient (Wildman–Crippen LogP) is 0.716. The van der Waals surface area contributed by atoms with Crippen molar-refractivity contribution in [2.24, 2.45) is 11.8 Å². The van der Waals surface area contributed by atoms with Crippen LogP contribution in [0.1, 0.15) is 48.2 Å². The second-order valence-electron chi connectivity index (χ2n) is 8.02. The standard InChI is InChI=1S/C20H25N5O3/c21-11-15(10-14-4-7-23-18(14)26)24-19(27)16(9-12-1-2-12)25-8-5-13-3-6-22-17(13)20(25)28/h3,6,12,14-16,22H,1-2,4-5,7-10H2,(H,23,26)(H,24,27)/t14-,15-,16-/m0/s1. The van der Waals surface area contributed by atoms with Gasteiger partial charge >= 0.3 is 0 Å². The highest BCUT2D eigenvalue weighted by Crippen LogP contribution is 2.35. The molecule has 8 heteroatoms. The molecule has 0 spiro atoms. The van der Waals surface area contributed by atoms with E-state index < -0.39 is 12.1 Å². The lowest BCUT2D eigenvalue weighted by molar-refractivity contribution is -0.127. The Kier molecular flexibility index (Phi) is 5.07. The molecule has 3 heterocycles. The van der Waals surface area contributed by atoms with Gasteiger partial charge in [-0.25, -0.2) is 0 Å². The van der Waals surface area contributed by atoms with Crippen LogP contribution in [0.25, 0.3) is 0 Å². The van der Waals surface area contributed by atoms with Crippen molar-refractivity contribution >= 4 is 17.7 Å². The number of carbonyl (C=O) groups is 3. The van der Waals surface area contributed by atoms with Crippen molar-refractivity contribution in [2.75, 3.05) is 13.1 Å². The van der Waals surface area contributed by atoms with Crippen LogP contribution >= 0.6 is 0 Å². The lowest BCUT2D eigenvalue weighted by Crippen LogP contribution is -2.54. The molecule has 0 unspecified atom stereocenters. The van der Waals surface area contributed by atoms with Crippen LogP contribution < -0.4 is 10.6 Å². The summed E-state index contributed by atoms with van der Waals surface area (Å²) in [6.07, 6.45) is 6.21. The van der Waals surface area contributed by atoms with Gasteiger partial charge in [0.25, 0.3) is 5.91 Å². The molecule has 4 rings (SSSR count). The van der Waals surface area contributed by atoms with Crippen LogP contribution in [0, 0.1) is 23.2 Å². The van der Waals surface area contributed by atoms with Gasteiger partial charge in [-0.15, -0.1) is 0 Å². The van der Waals surface area contributed by atoms with Crippen LogP contribution in [0.4, 0.5) is 0 Å². The van der Waals surface area contributed by atoms with Gasteiger partial charge in [0.15, 0.2) is 0 Å². The second kappa shape index (κ2) is 7.66. The molecule has 28 heavy (non-hydrogen) atoms. The maximum Gasteiger partial charge on any atom is 0.271 e. The van der Waals surface area contributed by atoms with Gasteiger partial charge in [0.05, 0.1) is 6.07 Å². The van der Waals surface area contributed by atoms with Gasteiger partial charge in [-0.2, -0.15) is 5.26 Å². The summed E-state index contributed by atoms with van der Waals surface area (Å²) >= 11 is 0. The molecule has 148 valence electrons. The summed E-state index contributed by atoms with van der Waals surface area (Å²) in [5, 5.41) is 15.0. The third-order valence-electron chi connectivity index (χ3n) is 6.02. The Bertz CT molecular complexity index is 822. The van der Waals surface area contributed by atoms with Gasteiger partial charge in [-0.05, 0) is 43.2 Å². The van der Waals surface area contributed by atoms with Crippen LogP contribution in [-0.2, 0) is 16.0 Å². The molecular formula is C20H25N5O3. The normalized spacial score (nSPS) is 23.5. The molecule has 0 bridgehead atoms. The number of aromatic amines is 1. The van der Waals surface area contributed by atoms with Crippen molar-refractivity contribution in [3.05, 3.63) is 23.5 Å². The zero-order valence-corrected chi connectivity index (χ0v) is 15.7. The Morgan fingerprint density at radius 1 is 1.32 bits per heavy atom. The van der Waals surface area contributed by atoms with Gasteiger partial charge < -0.3 is 20.5 Å². The number of hydrogen-bond donors (Lipinski definition) is 3. The first-order valence-corrected chi connectivity index (χ1v) is 10.0. The number of carbonyl (C=O) groups excluding carboxylic acids is 3. The minimum Gasteiger partial charge on any atom is -0.357 e. The zero-order chi connectivity index (χ0) is 19.7. The number of amides is 3. The number of hydrogen-bond acceptors (Lipinski definition) is 4. The molecule has 3 N–H and O–H groups in total. The highest BCUT2D eigenvalue weighted by molar-refractivity contribution is 5.98. The molecule has 8 nitrogen and oxygen atoms in total. The number of nitriles is 1. The van der Waals surface area contributed by atoms with E-state index in [2.05, 4.69) is 21.7 Å². The molecule has 1 saturated carbocycles. The molecule has 3 aliphatic rings. The Morgan fingerprint density at radius 2 is 2.14 bits per heavy atom. The smallest absolute Gasteiger partial charge is 0.271 e. The minimum atomic E-state index is -0.732. The first-order chi connectivity index (χ1) is 13.6. The van der Waals surface area contributed by atoms with Crippen molar-refractivity contribution in [1.82, 2.24) is 20.5 Å². The zero-order valence-electron chi connectivity index (χ0n) is 15.7. The summed E-state index contributed by atoms with van der Waals surface area (Å²) in [7, 11) is 0. The Labute approximate surface area is 163 Å². The molecule has 2 aliphatic heterocycles. The molecule has 1 aromatic rings. The second-order valence-corrected chi connectivity index (χ2v) is 8.02. The largest absolute Gasteiger partial charge is 0.357 e. The molecule has 3 atom stereocenters. The summed E-state index contributed by atoms with van der Waals surface area (Å²) in [5.74, 6) is -0.301. The average Bonchev–Trinajstić information content (AvgIpc) is 3.21. The van der Waals surface area contributed by atoms with Gasteiger partial charge in [-0.3, -0.25) is 14.4 Å². The quantitative estimate of drug-likeness (QED) is 0.643. The molecule has 2 fully saturated rings. The molecule has 0 radical (unpaired) electrons. The Morgan fingerprint density at radius 3 is 2.82 bits per heavy atom. The van der Waals surface area contributed by atoms with Crippen LogP contribution in [0.5, 0.6) is 0 Å². The molecule has 1 saturated heterocycles. The van der Waals surface area contributed by atoms with Crippen molar-refractivity contribution < 1.29 is 14.4 Å². The maximum atomic E-state index is 13.1. The summed E-state index contributed by atoms with van der Waals surface area (Å²) < 4.78 is 0. The van der Waals surface area contributed by atoms with Crippen molar-refractivity contribution in [3.8, 4) is 6.07 Å². The molecule has 0 aromatic carbocycles. The fourth-order valence-corrected chi connectivity index (χ4v) is 4.20. The summed E-state index contributed by atoms with van der Waals surface area (Å²) in [6, 6.07) is 2.70. The van der Waals surface area contributed by atoms with E-state index in [1.54, 1.807) is 11.1 Å². The average molecular weight is 383 g/mol. The highest BCUT2D eigenvalue weighted by Gasteiger charge is 2.39. The minimum absolute atomic E-state index is 0.0606. The van der Waals surface area contributed by atoms with E-state index in [4.69, 9.17) is 0 Å². The fourth-order valence-electron chi connectivity index (χ4n) is 4.20. The summed E-state index contributed by atoms with van der Waals surface area (Å²) in [6.45, 7) is 1.11. The lowest BCUT2D eigenvalue weighted by Gasteiger charge is -2.34. The van der Waals surface area contributed by atoms with Gasteiger partial charge in [0.1, 0.15) is 17.8 Å². The van der Waals surface area contributed by atoms with Gasteiger partial charge in [0.2, 0.25) is 11.8 Å². The Hall–Kier alpha value is -2.82. The fraction of sp³-hybridized carbons (Fsp3) is 0.600. The third-order valence-corrected chi connectivity index (χ3v) is 6.02. The predicted molar refractivity (Wildman–Crippen MR) is 99.9 cm³/mol. The lowest BCUT2D eigenvalue weighted by atomic mass is 9.97.